The third kappa shape index (κ3) is 30.9. The smallest absolute Gasteiger partial charge is 0.481 e. The normalized spacial score (nSPS) is 11.4. The molecule has 0 bridgehead atoms. The van der Waals surface area contributed by atoms with Crippen LogP contribution in [0, 0.1) is 0 Å². The number of carboxylic acid groups (broad SMARTS) is 5. The van der Waals surface area contributed by atoms with Gasteiger partial charge in [-0.15, -0.1) is 0 Å². The van der Waals surface area contributed by atoms with E-state index in [1.165, 1.54) is 0 Å². The standard InChI is InChI=1S/C27H39N7O5.4C2HF3O2/c28-13-17-7-18(14-29)10-21(9-17)25(37)32-5-2-1-3-23(27(39)33-6-4-24(35)36)34-26(38)22-11-19(15-30)8-20(12-22)16-31;4*3-2(4,5)1(6)7/h7-12,23H,1-6,13-16,28-31H2,(H,32,37)(H,33,39)(H,34,38)(H,35,36);4*(H,6,7). The van der Waals surface area contributed by atoms with Crippen molar-refractivity contribution in [3.05, 3.63) is 69.8 Å². The van der Waals surface area contributed by atoms with Crippen molar-refractivity contribution >= 4 is 47.6 Å². The van der Waals surface area contributed by atoms with Crippen molar-refractivity contribution in [3.63, 3.8) is 0 Å². The van der Waals surface area contributed by atoms with Crippen LogP contribution in [0.4, 0.5) is 52.7 Å². The Hall–Kier alpha value is -6.80. The molecule has 380 valence electrons. The summed E-state index contributed by atoms with van der Waals surface area (Å²) < 4.78 is 127. The van der Waals surface area contributed by atoms with Gasteiger partial charge in [0.2, 0.25) is 5.91 Å². The molecule has 0 radical (unpaired) electrons. The van der Waals surface area contributed by atoms with E-state index in [0.29, 0.717) is 43.6 Å². The number of nitrogens with one attached hydrogen (secondary N) is 3. The molecule has 3 amide bonds. The molecule has 1 atom stereocenters. The van der Waals surface area contributed by atoms with E-state index < -0.39 is 72.4 Å². The predicted molar refractivity (Wildman–Crippen MR) is 202 cm³/mol. The average molecular weight is 998 g/mol. The molecule has 0 saturated carbocycles. The molecule has 2 aromatic carbocycles. The van der Waals surface area contributed by atoms with E-state index in [9.17, 15) is 71.9 Å². The molecule has 2 aromatic rings. The minimum atomic E-state index is -5.08. The monoisotopic (exact) mass is 997 g/mol. The van der Waals surface area contributed by atoms with Crippen molar-refractivity contribution in [2.24, 2.45) is 22.9 Å². The van der Waals surface area contributed by atoms with Crippen LogP contribution in [0.15, 0.2) is 36.4 Å². The molecule has 0 fully saturated rings. The second-order valence-corrected chi connectivity index (χ2v) is 12.3. The molecular formula is C35H43F12N7O13. The summed E-state index contributed by atoms with van der Waals surface area (Å²) >= 11 is 0. The molecule has 32 heteroatoms. The van der Waals surface area contributed by atoms with Gasteiger partial charge in [0.25, 0.3) is 11.8 Å². The summed E-state index contributed by atoms with van der Waals surface area (Å²) in [5.74, 6) is -13.3. The largest absolute Gasteiger partial charge is 0.490 e. The van der Waals surface area contributed by atoms with Gasteiger partial charge in [-0.05, 0) is 65.8 Å². The number of carbonyl (C=O) groups is 8. The topological polar surface area (TPSA) is 378 Å². The first-order valence-corrected chi connectivity index (χ1v) is 17.8. The molecule has 0 saturated heterocycles. The van der Waals surface area contributed by atoms with Gasteiger partial charge >= 0.3 is 54.6 Å². The Morgan fingerprint density at radius 1 is 0.463 bits per heavy atom. The van der Waals surface area contributed by atoms with E-state index in [0.717, 1.165) is 22.3 Å². The number of hydrogen-bond donors (Lipinski definition) is 12. The van der Waals surface area contributed by atoms with Crippen LogP contribution in [0.3, 0.4) is 0 Å². The quantitative estimate of drug-likeness (QED) is 0.0848. The van der Waals surface area contributed by atoms with Crippen LogP contribution in [0.2, 0.25) is 0 Å². The number of carbonyl (C=O) groups excluding carboxylic acids is 3. The van der Waals surface area contributed by atoms with Crippen LogP contribution < -0.4 is 38.9 Å². The fraction of sp³-hybridized carbons (Fsp3) is 0.429. The van der Waals surface area contributed by atoms with E-state index in [-0.39, 0.29) is 38.4 Å². The lowest BCUT2D eigenvalue weighted by Gasteiger charge is -2.19. The van der Waals surface area contributed by atoms with E-state index in [1.807, 2.05) is 12.1 Å². The van der Waals surface area contributed by atoms with Crippen LogP contribution in [-0.2, 0) is 54.9 Å². The Labute approximate surface area is 368 Å². The van der Waals surface area contributed by atoms with Gasteiger partial charge in [0.15, 0.2) is 0 Å². The van der Waals surface area contributed by atoms with E-state index in [2.05, 4.69) is 16.0 Å². The summed E-state index contributed by atoms with van der Waals surface area (Å²) in [5, 5.41) is 45.5. The lowest BCUT2D eigenvalue weighted by Crippen LogP contribution is -2.47. The van der Waals surface area contributed by atoms with Gasteiger partial charge < -0.3 is 64.4 Å². The van der Waals surface area contributed by atoms with Gasteiger partial charge in [-0.25, -0.2) is 19.2 Å². The van der Waals surface area contributed by atoms with Crippen molar-refractivity contribution in [1.29, 1.82) is 0 Å². The highest BCUT2D eigenvalue weighted by Crippen LogP contribution is 2.16. The fourth-order valence-corrected chi connectivity index (χ4v) is 3.96. The molecule has 1 unspecified atom stereocenters. The number of alkyl halides is 12. The van der Waals surface area contributed by atoms with E-state index >= 15 is 0 Å². The average Bonchev–Trinajstić information content (AvgIpc) is 3.21. The minimum absolute atomic E-state index is 0.0662. The molecule has 20 nitrogen and oxygen atoms in total. The van der Waals surface area contributed by atoms with Crippen LogP contribution >= 0.6 is 0 Å². The Morgan fingerprint density at radius 3 is 1.03 bits per heavy atom. The second kappa shape index (κ2) is 30.4. The molecule has 0 spiro atoms. The highest BCUT2D eigenvalue weighted by atomic mass is 19.4. The van der Waals surface area contributed by atoms with E-state index in [1.54, 1.807) is 24.3 Å². The molecule has 16 N–H and O–H groups in total. The second-order valence-electron chi connectivity index (χ2n) is 12.3. The Bertz CT molecular complexity index is 1820. The first-order valence-electron chi connectivity index (χ1n) is 17.8. The zero-order valence-corrected chi connectivity index (χ0v) is 34.0. The fourth-order valence-electron chi connectivity index (χ4n) is 3.96. The number of nitrogens with two attached hydrogens (primary N) is 4. The molecule has 0 aliphatic heterocycles. The summed E-state index contributed by atoms with van der Waals surface area (Å²) in [6.07, 6.45) is -19.2. The van der Waals surface area contributed by atoms with Crippen molar-refractivity contribution in [2.75, 3.05) is 13.1 Å². The lowest BCUT2D eigenvalue weighted by atomic mass is 10.0. The van der Waals surface area contributed by atoms with E-state index in [4.69, 9.17) is 67.6 Å². The molecule has 2 rings (SSSR count). The highest BCUT2D eigenvalue weighted by molar-refractivity contribution is 5.98. The zero-order valence-electron chi connectivity index (χ0n) is 34.0. The van der Waals surface area contributed by atoms with Crippen molar-refractivity contribution in [2.45, 2.75) is 82.6 Å². The number of hydrogen-bond acceptors (Lipinski definition) is 12. The molecule has 0 heterocycles. The number of rotatable bonds is 16. The Balaban J connectivity index is -0.00000117. The van der Waals surface area contributed by atoms with Crippen molar-refractivity contribution in [3.8, 4) is 0 Å². The van der Waals surface area contributed by atoms with Crippen molar-refractivity contribution in [1.82, 2.24) is 16.0 Å². The number of aliphatic carboxylic acids is 5. The van der Waals surface area contributed by atoms with Gasteiger partial charge in [-0.1, -0.05) is 12.1 Å². The SMILES string of the molecule is NCc1cc(CN)cc(C(=O)NCCCCC(NC(=O)c2cc(CN)cc(CN)c2)C(=O)NCCC(=O)O)c1.O=C(O)C(F)(F)F.O=C(O)C(F)(F)F.O=C(O)C(F)(F)F.O=C(O)C(F)(F)F. The van der Waals surface area contributed by atoms with Gasteiger partial charge in [0, 0.05) is 50.4 Å². The van der Waals surface area contributed by atoms with Gasteiger partial charge in [-0.3, -0.25) is 19.2 Å². The summed E-state index contributed by atoms with van der Waals surface area (Å²) in [4.78, 5) is 84.7. The van der Waals surface area contributed by atoms with Crippen LogP contribution in [-0.4, -0.2) is 117 Å². The summed E-state index contributed by atoms with van der Waals surface area (Å²) in [5.41, 5.74) is 26.7. The molecule has 67 heavy (non-hydrogen) atoms. The maximum atomic E-state index is 13.0. The first-order chi connectivity index (χ1) is 30.5. The first kappa shape index (κ1) is 64.5. The number of amides is 3. The van der Waals surface area contributed by atoms with Crippen LogP contribution in [0.25, 0.3) is 0 Å². The highest BCUT2D eigenvalue weighted by Gasteiger charge is 2.40. The Morgan fingerprint density at radius 2 is 0.761 bits per heavy atom. The zero-order chi connectivity index (χ0) is 53.1. The maximum Gasteiger partial charge on any atom is 0.490 e. The van der Waals surface area contributed by atoms with Gasteiger partial charge in [0.1, 0.15) is 6.04 Å². The molecular weight excluding hydrogens is 954 g/mol. The van der Waals surface area contributed by atoms with Gasteiger partial charge in [0.05, 0.1) is 6.42 Å². The lowest BCUT2D eigenvalue weighted by molar-refractivity contribution is -0.193. The molecule has 0 aromatic heterocycles. The summed E-state index contributed by atoms with van der Waals surface area (Å²) in [6.45, 7) is 1.32. The predicted octanol–water partition coefficient (Wildman–Crippen LogP) is 2.34. The van der Waals surface area contributed by atoms with Gasteiger partial charge in [-0.2, -0.15) is 52.7 Å². The number of benzene rings is 2. The van der Waals surface area contributed by atoms with Crippen molar-refractivity contribution < 1.29 is 117 Å². The molecule has 0 aliphatic carbocycles. The number of unbranched alkanes of at least 4 members (excludes halogenated alkanes) is 1. The van der Waals surface area contributed by atoms with Crippen LogP contribution in [0.1, 0.15) is 68.7 Å². The third-order valence-corrected chi connectivity index (χ3v) is 7.01. The third-order valence-electron chi connectivity index (χ3n) is 7.01. The Kier molecular flexibility index (Phi) is 29.3. The number of halogens is 12. The maximum absolute atomic E-state index is 13.0. The molecule has 0 aliphatic rings. The number of carboxylic acids is 5. The van der Waals surface area contributed by atoms with Crippen LogP contribution in [0.5, 0.6) is 0 Å². The minimum Gasteiger partial charge on any atom is -0.481 e. The summed E-state index contributed by atoms with van der Waals surface area (Å²) in [6, 6.07) is 9.48. The summed E-state index contributed by atoms with van der Waals surface area (Å²) in [7, 11) is 0.